The molecule has 0 saturated heterocycles. The molecule has 12 rings (SSSR count). The molecule has 1 spiro atoms. The standard InChI is InChI=1S/C51H30S/c1-2-14-36-31(11-1)23-26-43-38-16-4-7-21-45(38)51(50(36)43)44-20-6-3-15-37(44)39-25-24-33(30-46(39)51)32-12-9-13-34(29-32)35-27-28-48-49-41(35)18-10-19-42(49)40-17-5-8-22-47(40)52-48/h1-30H. The fraction of sp³-hybridized carbons (Fsp3) is 0.0196. The van der Waals surface area contributed by atoms with E-state index < -0.39 is 5.41 Å². The Morgan fingerprint density at radius 1 is 0.327 bits per heavy atom. The van der Waals surface area contributed by atoms with E-state index in [4.69, 9.17) is 0 Å². The Labute approximate surface area is 307 Å². The van der Waals surface area contributed by atoms with Crippen molar-refractivity contribution in [3.63, 3.8) is 0 Å². The molecule has 1 heterocycles. The third-order valence-corrected chi connectivity index (χ3v) is 13.0. The maximum Gasteiger partial charge on any atom is 0.0731 e. The van der Waals surface area contributed by atoms with E-state index in [9.17, 15) is 0 Å². The molecule has 0 N–H and O–H groups in total. The summed E-state index contributed by atoms with van der Waals surface area (Å²) in [5, 5.41) is 5.28. The van der Waals surface area contributed by atoms with Crippen LogP contribution in [0.2, 0.25) is 0 Å². The Hall–Kier alpha value is -6.15. The van der Waals surface area contributed by atoms with Crippen LogP contribution in [0.3, 0.4) is 0 Å². The van der Waals surface area contributed by atoms with Crippen LogP contribution in [0.25, 0.3) is 77.2 Å². The monoisotopic (exact) mass is 674 g/mol. The highest BCUT2D eigenvalue weighted by Crippen LogP contribution is 2.64. The van der Waals surface area contributed by atoms with Gasteiger partial charge in [-0.3, -0.25) is 0 Å². The Morgan fingerprint density at radius 2 is 0.942 bits per heavy atom. The first-order valence-corrected chi connectivity index (χ1v) is 18.9. The molecule has 0 amide bonds. The van der Waals surface area contributed by atoms with Crippen LogP contribution in [-0.4, -0.2) is 0 Å². The minimum absolute atomic E-state index is 0.406. The predicted octanol–water partition coefficient (Wildman–Crippen LogP) is 13.8. The lowest BCUT2D eigenvalue weighted by molar-refractivity contribution is 0.801. The second kappa shape index (κ2) is 10.4. The summed E-state index contributed by atoms with van der Waals surface area (Å²) in [7, 11) is 0. The van der Waals surface area contributed by atoms with Crippen molar-refractivity contribution < 1.29 is 0 Å². The maximum absolute atomic E-state index is 2.51. The SMILES string of the molecule is c1cc(-c2ccc3c(c2)C2(c4ccccc4-3)c3ccccc3-c3ccc4ccccc4c32)cc(-c2ccc3c4c(cccc24)-c2ccccc2S3)c1. The van der Waals surface area contributed by atoms with Crippen LogP contribution >= 0.6 is 11.8 Å². The van der Waals surface area contributed by atoms with Crippen LogP contribution in [0.5, 0.6) is 0 Å². The van der Waals surface area contributed by atoms with Gasteiger partial charge in [0.05, 0.1) is 5.41 Å². The summed E-state index contributed by atoms with van der Waals surface area (Å²) in [6.45, 7) is 0. The molecule has 9 aromatic carbocycles. The van der Waals surface area contributed by atoms with Crippen LogP contribution < -0.4 is 0 Å². The van der Waals surface area contributed by atoms with Crippen LogP contribution in [-0.2, 0) is 5.41 Å². The lowest BCUT2D eigenvalue weighted by Crippen LogP contribution is -2.26. The van der Waals surface area contributed by atoms with Crippen molar-refractivity contribution in [3.8, 4) is 55.6 Å². The number of hydrogen-bond acceptors (Lipinski definition) is 1. The van der Waals surface area contributed by atoms with Gasteiger partial charge in [-0.2, -0.15) is 0 Å². The highest BCUT2D eigenvalue weighted by molar-refractivity contribution is 7.99. The van der Waals surface area contributed by atoms with Gasteiger partial charge in [0, 0.05) is 15.2 Å². The zero-order valence-electron chi connectivity index (χ0n) is 28.2. The number of hydrogen-bond donors (Lipinski definition) is 0. The van der Waals surface area contributed by atoms with Gasteiger partial charge in [0.1, 0.15) is 0 Å². The van der Waals surface area contributed by atoms with E-state index >= 15 is 0 Å². The van der Waals surface area contributed by atoms with Gasteiger partial charge in [-0.1, -0.05) is 169 Å². The summed E-state index contributed by atoms with van der Waals surface area (Å²) < 4.78 is 0. The van der Waals surface area contributed by atoms with E-state index in [-0.39, 0.29) is 0 Å². The molecule has 1 aliphatic heterocycles. The van der Waals surface area contributed by atoms with Crippen molar-refractivity contribution in [1.82, 2.24) is 0 Å². The molecule has 9 aromatic rings. The molecule has 0 fully saturated rings. The quantitative estimate of drug-likeness (QED) is 0.176. The second-order valence-corrected chi connectivity index (χ2v) is 15.4. The average Bonchev–Trinajstić information content (AvgIpc) is 3.68. The van der Waals surface area contributed by atoms with Gasteiger partial charge in [0.2, 0.25) is 0 Å². The van der Waals surface area contributed by atoms with E-state index in [0.717, 1.165) is 0 Å². The minimum atomic E-state index is -0.406. The summed E-state index contributed by atoms with van der Waals surface area (Å²) in [5.74, 6) is 0. The van der Waals surface area contributed by atoms with Gasteiger partial charge in [-0.15, -0.1) is 0 Å². The van der Waals surface area contributed by atoms with E-state index in [2.05, 4.69) is 182 Å². The first-order valence-electron chi connectivity index (χ1n) is 18.1. The van der Waals surface area contributed by atoms with E-state index in [1.165, 1.54) is 109 Å². The van der Waals surface area contributed by atoms with E-state index in [1.54, 1.807) is 0 Å². The first kappa shape index (κ1) is 28.5. The normalized spacial score (nSPS) is 15.7. The molecule has 3 aliphatic rings. The van der Waals surface area contributed by atoms with Crippen molar-refractivity contribution in [2.75, 3.05) is 0 Å². The molecule has 52 heavy (non-hydrogen) atoms. The Morgan fingerprint density at radius 3 is 1.83 bits per heavy atom. The molecule has 1 heteroatoms. The number of rotatable bonds is 2. The predicted molar refractivity (Wildman–Crippen MR) is 218 cm³/mol. The van der Waals surface area contributed by atoms with Crippen LogP contribution in [0.15, 0.2) is 192 Å². The third kappa shape index (κ3) is 3.63. The van der Waals surface area contributed by atoms with Crippen molar-refractivity contribution >= 4 is 33.3 Å². The van der Waals surface area contributed by atoms with Crippen LogP contribution in [0.4, 0.5) is 0 Å². The fourth-order valence-electron chi connectivity index (χ4n) is 9.80. The summed E-state index contributed by atoms with van der Waals surface area (Å²) in [6.07, 6.45) is 0. The summed E-state index contributed by atoms with van der Waals surface area (Å²) >= 11 is 1.89. The van der Waals surface area contributed by atoms with Crippen molar-refractivity contribution in [1.29, 1.82) is 0 Å². The molecule has 0 radical (unpaired) electrons. The van der Waals surface area contributed by atoms with E-state index in [1.807, 2.05) is 11.8 Å². The van der Waals surface area contributed by atoms with Crippen molar-refractivity contribution in [3.05, 3.63) is 204 Å². The molecule has 1 atom stereocenters. The number of fused-ring (bicyclic) bond motifs is 14. The summed E-state index contributed by atoms with van der Waals surface area (Å²) in [6, 6.07) is 68.5. The van der Waals surface area contributed by atoms with Crippen LogP contribution in [0.1, 0.15) is 22.3 Å². The topological polar surface area (TPSA) is 0 Å². The second-order valence-electron chi connectivity index (χ2n) is 14.3. The van der Waals surface area contributed by atoms with Crippen molar-refractivity contribution in [2.24, 2.45) is 0 Å². The van der Waals surface area contributed by atoms with Crippen molar-refractivity contribution in [2.45, 2.75) is 15.2 Å². The lowest BCUT2D eigenvalue weighted by Gasteiger charge is -2.31. The highest BCUT2D eigenvalue weighted by atomic mass is 32.2. The van der Waals surface area contributed by atoms with Gasteiger partial charge in [0.25, 0.3) is 0 Å². The molecule has 2 aliphatic carbocycles. The third-order valence-electron chi connectivity index (χ3n) is 11.9. The van der Waals surface area contributed by atoms with Gasteiger partial charge in [-0.25, -0.2) is 0 Å². The lowest BCUT2D eigenvalue weighted by atomic mass is 9.69. The molecule has 1 unspecified atom stereocenters. The summed E-state index contributed by atoms with van der Waals surface area (Å²) in [5.41, 5.74) is 18.1. The average molecular weight is 675 g/mol. The molecular formula is C51H30S. The Kier molecular flexibility index (Phi) is 5.73. The Balaban J connectivity index is 1.08. The maximum atomic E-state index is 2.51. The van der Waals surface area contributed by atoms with E-state index in [0.29, 0.717) is 0 Å². The van der Waals surface area contributed by atoms with Crippen LogP contribution in [0, 0.1) is 0 Å². The first-order chi connectivity index (χ1) is 25.8. The molecule has 0 nitrogen and oxygen atoms in total. The zero-order chi connectivity index (χ0) is 34.0. The van der Waals surface area contributed by atoms with Gasteiger partial charge < -0.3 is 0 Å². The van der Waals surface area contributed by atoms with Gasteiger partial charge >= 0.3 is 0 Å². The smallest absolute Gasteiger partial charge is 0.0731 e. The Bertz CT molecular complexity index is 2990. The summed E-state index contributed by atoms with van der Waals surface area (Å²) in [4.78, 5) is 2.66. The zero-order valence-corrected chi connectivity index (χ0v) is 29.0. The highest BCUT2D eigenvalue weighted by Gasteiger charge is 2.52. The molecule has 240 valence electrons. The molecule has 0 aromatic heterocycles. The largest absolute Gasteiger partial charge is 0.0888 e. The fourth-order valence-corrected chi connectivity index (χ4v) is 10.9. The minimum Gasteiger partial charge on any atom is -0.0888 e. The van der Waals surface area contributed by atoms with Gasteiger partial charge in [-0.05, 0) is 118 Å². The molecule has 0 bridgehead atoms. The number of benzene rings is 9. The molecular weight excluding hydrogens is 645 g/mol. The van der Waals surface area contributed by atoms with Gasteiger partial charge in [0.15, 0.2) is 0 Å². The molecule has 0 saturated carbocycles.